The molecule has 218 valence electrons. The number of nitrogens with zero attached hydrogens (tertiary/aromatic N) is 3. The summed E-state index contributed by atoms with van der Waals surface area (Å²) in [7, 11) is 2.97. The summed E-state index contributed by atoms with van der Waals surface area (Å²) in [5.41, 5.74) is 1.94. The molecule has 2 aromatic carbocycles. The molecule has 0 unspecified atom stereocenters. The maximum absolute atomic E-state index is 13.7. The summed E-state index contributed by atoms with van der Waals surface area (Å²) in [4.78, 5) is 39.8. The molecule has 1 aliphatic carbocycles. The molecule has 0 aliphatic heterocycles. The third-order valence-corrected chi connectivity index (χ3v) is 7.35. The van der Waals surface area contributed by atoms with E-state index in [2.05, 4.69) is 25.6 Å². The number of carbonyl (C=O) groups is 2. The van der Waals surface area contributed by atoms with Gasteiger partial charge in [-0.15, -0.1) is 0 Å². The van der Waals surface area contributed by atoms with Gasteiger partial charge < -0.3 is 24.5 Å². The molecule has 11 heteroatoms. The zero-order valence-corrected chi connectivity index (χ0v) is 23.7. The Balaban J connectivity index is 1.47. The van der Waals surface area contributed by atoms with Crippen molar-refractivity contribution >= 4 is 22.8 Å². The Morgan fingerprint density at radius 1 is 1.02 bits per heavy atom. The minimum absolute atomic E-state index is 0.151. The Morgan fingerprint density at radius 3 is 2.42 bits per heavy atom. The van der Waals surface area contributed by atoms with E-state index in [0.29, 0.717) is 64.4 Å². The summed E-state index contributed by atoms with van der Waals surface area (Å²) in [6.45, 7) is 2.20. The van der Waals surface area contributed by atoms with E-state index in [0.717, 1.165) is 0 Å². The van der Waals surface area contributed by atoms with Crippen LogP contribution in [-0.2, 0) is 5.54 Å². The van der Waals surface area contributed by atoms with Gasteiger partial charge in [0.15, 0.2) is 5.82 Å². The second-order valence-corrected chi connectivity index (χ2v) is 10.1. The summed E-state index contributed by atoms with van der Waals surface area (Å²) < 4.78 is 31.2. The number of hydrogen-bond donors (Lipinski definition) is 2. The van der Waals surface area contributed by atoms with Crippen LogP contribution in [-0.4, -0.2) is 47.5 Å². The third-order valence-electron chi connectivity index (χ3n) is 7.35. The van der Waals surface area contributed by atoms with Crippen LogP contribution < -0.4 is 20.1 Å². The van der Waals surface area contributed by atoms with E-state index in [4.69, 9.17) is 13.9 Å². The predicted octanol–water partition coefficient (Wildman–Crippen LogP) is 5.28. The molecule has 10 nitrogen and oxygen atoms in total. The number of aromatic nitrogens is 3. The molecule has 3 heterocycles. The molecule has 5 aromatic rings. The van der Waals surface area contributed by atoms with Crippen molar-refractivity contribution in [3.63, 3.8) is 0 Å². The van der Waals surface area contributed by atoms with Crippen molar-refractivity contribution < 1.29 is 27.9 Å². The van der Waals surface area contributed by atoms with Crippen LogP contribution in [0.3, 0.4) is 0 Å². The first kappa shape index (κ1) is 27.8. The number of benzene rings is 2. The van der Waals surface area contributed by atoms with Crippen molar-refractivity contribution in [1.82, 2.24) is 25.6 Å². The van der Waals surface area contributed by atoms with Crippen LogP contribution in [0.2, 0.25) is 0 Å². The highest BCUT2D eigenvalue weighted by molar-refractivity contribution is 6.12. The van der Waals surface area contributed by atoms with E-state index in [9.17, 15) is 14.0 Å². The number of halogens is 1. The number of fused-ring (bicyclic) bond motifs is 1. The fraction of sp³-hybridized carbons (Fsp3) is 0.219. The molecule has 1 saturated carbocycles. The molecule has 0 bridgehead atoms. The molecule has 43 heavy (non-hydrogen) atoms. The smallest absolute Gasteiger partial charge is 0.257 e. The molecular formula is C32H28FN5O5. The van der Waals surface area contributed by atoms with Gasteiger partial charge in [-0.2, -0.15) is 0 Å². The standard InChI is InChI=1S/C32H28FN5O5/c1-4-42-24-16-25-22(26(29(40)34-2)27(43-25)18-6-8-20(33)9-7-18)15-21(24)19-14-23(30(41-3)37-17-19)28(39)38-32(10-11-32)31-35-12-5-13-36-31/h5-9,12-17H,4,10-11H2,1-3H3,(H,34,40)(H,38,39). The molecule has 2 N–H and O–H groups in total. The second kappa shape index (κ2) is 11.2. The minimum Gasteiger partial charge on any atom is -0.493 e. The van der Waals surface area contributed by atoms with Gasteiger partial charge in [0.2, 0.25) is 5.88 Å². The number of rotatable bonds is 9. The second-order valence-electron chi connectivity index (χ2n) is 10.1. The van der Waals surface area contributed by atoms with E-state index in [1.807, 2.05) is 6.92 Å². The Labute approximate surface area is 246 Å². The maximum atomic E-state index is 13.7. The Kier molecular flexibility index (Phi) is 7.22. The van der Waals surface area contributed by atoms with Gasteiger partial charge in [0, 0.05) is 53.8 Å². The van der Waals surface area contributed by atoms with Crippen LogP contribution in [0.5, 0.6) is 11.6 Å². The molecular weight excluding hydrogens is 553 g/mol. The van der Waals surface area contributed by atoms with Crippen LogP contribution in [0.4, 0.5) is 4.39 Å². The highest BCUT2D eigenvalue weighted by atomic mass is 19.1. The van der Waals surface area contributed by atoms with Gasteiger partial charge in [-0.1, -0.05) is 0 Å². The Hall–Kier alpha value is -5.32. The van der Waals surface area contributed by atoms with Gasteiger partial charge in [-0.3, -0.25) is 9.59 Å². The lowest BCUT2D eigenvalue weighted by Crippen LogP contribution is -2.36. The van der Waals surface area contributed by atoms with E-state index in [1.165, 1.54) is 26.3 Å². The molecule has 0 spiro atoms. The molecule has 0 atom stereocenters. The van der Waals surface area contributed by atoms with Gasteiger partial charge >= 0.3 is 0 Å². The topological polar surface area (TPSA) is 128 Å². The van der Waals surface area contributed by atoms with Crippen molar-refractivity contribution in [2.75, 3.05) is 20.8 Å². The molecule has 1 fully saturated rings. The average molecular weight is 582 g/mol. The van der Waals surface area contributed by atoms with E-state index in [1.54, 1.807) is 55.0 Å². The highest BCUT2D eigenvalue weighted by Gasteiger charge is 2.48. The number of ether oxygens (including phenoxy) is 2. The molecule has 0 radical (unpaired) electrons. The van der Waals surface area contributed by atoms with E-state index >= 15 is 0 Å². The van der Waals surface area contributed by atoms with Crippen LogP contribution in [0.25, 0.3) is 33.4 Å². The largest absolute Gasteiger partial charge is 0.493 e. The van der Waals surface area contributed by atoms with Gasteiger partial charge in [-0.05, 0) is 62.2 Å². The van der Waals surface area contributed by atoms with Crippen LogP contribution >= 0.6 is 0 Å². The number of methoxy groups -OCH3 is 1. The number of furan rings is 1. The van der Waals surface area contributed by atoms with Crippen LogP contribution in [0.1, 0.15) is 46.3 Å². The monoisotopic (exact) mass is 581 g/mol. The van der Waals surface area contributed by atoms with Crippen molar-refractivity contribution in [2.24, 2.45) is 0 Å². The summed E-state index contributed by atoms with van der Waals surface area (Å²) in [5, 5.41) is 6.25. The lowest BCUT2D eigenvalue weighted by molar-refractivity contribution is 0.0923. The summed E-state index contributed by atoms with van der Waals surface area (Å²) in [5.74, 6) is 0.291. The lowest BCUT2D eigenvalue weighted by atomic mass is 9.99. The SMILES string of the molecule is CCOc1cc2oc(-c3ccc(F)cc3)c(C(=O)NC)c2cc1-c1cnc(OC)c(C(=O)NC2(c3ncccn3)CC2)c1. The number of carbonyl (C=O) groups excluding carboxylic acids is 2. The normalized spacial score (nSPS) is 13.4. The van der Waals surface area contributed by atoms with Crippen molar-refractivity contribution in [3.05, 3.63) is 89.9 Å². The number of amides is 2. The fourth-order valence-electron chi connectivity index (χ4n) is 5.06. The molecule has 0 saturated heterocycles. The molecule has 1 aliphatic rings. The van der Waals surface area contributed by atoms with Crippen molar-refractivity contribution in [3.8, 4) is 34.1 Å². The third kappa shape index (κ3) is 5.14. The quantitative estimate of drug-likeness (QED) is 0.241. The van der Waals surface area contributed by atoms with E-state index in [-0.39, 0.29) is 28.8 Å². The molecule has 2 amide bonds. The molecule has 6 rings (SSSR count). The van der Waals surface area contributed by atoms with Crippen LogP contribution in [0.15, 0.2) is 71.5 Å². The summed E-state index contributed by atoms with van der Waals surface area (Å²) in [6.07, 6.45) is 6.29. The Morgan fingerprint density at radius 2 is 1.77 bits per heavy atom. The number of pyridine rings is 1. The fourth-order valence-corrected chi connectivity index (χ4v) is 5.06. The zero-order chi connectivity index (χ0) is 30.1. The van der Waals surface area contributed by atoms with E-state index < -0.39 is 11.4 Å². The van der Waals surface area contributed by atoms with Gasteiger partial charge in [0.25, 0.3) is 11.8 Å². The predicted molar refractivity (Wildman–Crippen MR) is 156 cm³/mol. The van der Waals surface area contributed by atoms with Crippen molar-refractivity contribution in [2.45, 2.75) is 25.3 Å². The average Bonchev–Trinajstić information content (AvgIpc) is 3.73. The number of hydrogen-bond acceptors (Lipinski definition) is 8. The lowest BCUT2D eigenvalue weighted by Gasteiger charge is -2.17. The summed E-state index contributed by atoms with van der Waals surface area (Å²) in [6, 6.07) is 12.6. The minimum atomic E-state index is -0.648. The first-order valence-corrected chi connectivity index (χ1v) is 13.7. The first-order valence-electron chi connectivity index (χ1n) is 13.7. The zero-order valence-electron chi connectivity index (χ0n) is 23.7. The van der Waals surface area contributed by atoms with Crippen molar-refractivity contribution in [1.29, 1.82) is 0 Å². The van der Waals surface area contributed by atoms with Crippen LogP contribution in [0, 0.1) is 5.82 Å². The maximum Gasteiger partial charge on any atom is 0.257 e. The summed E-state index contributed by atoms with van der Waals surface area (Å²) >= 11 is 0. The molecule has 3 aromatic heterocycles. The van der Waals surface area contributed by atoms with Gasteiger partial charge in [-0.25, -0.2) is 19.3 Å². The Bertz CT molecular complexity index is 1840. The van der Waals surface area contributed by atoms with Gasteiger partial charge in [0.1, 0.15) is 34.0 Å². The van der Waals surface area contributed by atoms with Gasteiger partial charge in [0.05, 0.1) is 19.3 Å². The highest BCUT2D eigenvalue weighted by Crippen LogP contribution is 2.45. The number of nitrogens with one attached hydrogen (secondary N) is 2. The first-order chi connectivity index (χ1) is 20.9.